The van der Waals surface area contributed by atoms with Crippen LogP contribution in [0.25, 0.3) is 0 Å². The number of hydrogen-bond donors (Lipinski definition) is 1. The van der Waals surface area contributed by atoms with Gasteiger partial charge in [0.2, 0.25) is 0 Å². The molecule has 0 bridgehead atoms. The quantitative estimate of drug-likeness (QED) is 0.863. The molecule has 1 aromatic rings. The van der Waals surface area contributed by atoms with Gasteiger partial charge in [0, 0.05) is 18.0 Å². The summed E-state index contributed by atoms with van der Waals surface area (Å²) in [5.41, 5.74) is 0.899. The van der Waals surface area contributed by atoms with E-state index in [2.05, 4.69) is 25.8 Å². The summed E-state index contributed by atoms with van der Waals surface area (Å²) in [4.78, 5) is 2.41. The zero-order valence-electron chi connectivity index (χ0n) is 11.8. The van der Waals surface area contributed by atoms with Crippen LogP contribution in [0.2, 0.25) is 0 Å². The van der Waals surface area contributed by atoms with Crippen LogP contribution in [0.3, 0.4) is 0 Å². The molecule has 18 heavy (non-hydrogen) atoms. The van der Waals surface area contributed by atoms with Crippen LogP contribution >= 0.6 is 0 Å². The highest BCUT2D eigenvalue weighted by molar-refractivity contribution is 5.19. The van der Waals surface area contributed by atoms with E-state index >= 15 is 0 Å². The van der Waals surface area contributed by atoms with Crippen LogP contribution in [0.1, 0.15) is 44.8 Å². The molecule has 1 aliphatic rings. The predicted octanol–water partition coefficient (Wildman–Crippen LogP) is 3.23. The van der Waals surface area contributed by atoms with Gasteiger partial charge in [-0.15, -0.1) is 0 Å². The molecule has 0 spiro atoms. The molecule has 0 radical (unpaired) electrons. The molecule has 0 saturated heterocycles. The van der Waals surface area contributed by atoms with Crippen molar-refractivity contribution in [2.24, 2.45) is 5.41 Å². The van der Waals surface area contributed by atoms with Gasteiger partial charge in [0.1, 0.15) is 0 Å². The molecule has 2 rings (SSSR count). The molecule has 2 nitrogen and oxygen atoms in total. The zero-order valence-corrected chi connectivity index (χ0v) is 11.8. The molecular weight excluding hydrogens is 222 g/mol. The Kier molecular flexibility index (Phi) is 4.08. The van der Waals surface area contributed by atoms with Crippen LogP contribution in [-0.2, 0) is 0 Å². The van der Waals surface area contributed by atoms with Crippen LogP contribution in [0.4, 0.5) is 0 Å². The Bertz CT molecular complexity index is 370. The summed E-state index contributed by atoms with van der Waals surface area (Å²) in [5, 5.41) is 10.5. The Balaban J connectivity index is 2.00. The Morgan fingerprint density at radius 1 is 1.28 bits per heavy atom. The highest BCUT2D eigenvalue weighted by Gasteiger charge is 2.33. The number of aliphatic hydroxyl groups is 1. The second kappa shape index (κ2) is 5.41. The van der Waals surface area contributed by atoms with Crippen molar-refractivity contribution in [1.29, 1.82) is 0 Å². The number of benzene rings is 1. The maximum atomic E-state index is 10.5. The van der Waals surface area contributed by atoms with Gasteiger partial charge in [0.15, 0.2) is 0 Å². The molecule has 0 amide bonds. The predicted molar refractivity (Wildman–Crippen MR) is 75.5 cm³/mol. The Labute approximate surface area is 111 Å². The molecule has 0 aromatic heterocycles. The first-order chi connectivity index (χ1) is 8.50. The van der Waals surface area contributed by atoms with E-state index in [0.717, 1.165) is 18.2 Å². The molecule has 1 aromatic carbocycles. The van der Waals surface area contributed by atoms with E-state index in [1.807, 2.05) is 30.3 Å². The lowest BCUT2D eigenvalue weighted by Gasteiger charge is -2.41. The van der Waals surface area contributed by atoms with Gasteiger partial charge >= 0.3 is 0 Å². The Morgan fingerprint density at radius 2 is 1.89 bits per heavy atom. The van der Waals surface area contributed by atoms with Crippen molar-refractivity contribution in [3.05, 3.63) is 35.9 Å². The third-order valence-corrected chi connectivity index (χ3v) is 4.21. The average Bonchev–Trinajstić information content (AvgIpc) is 2.26. The van der Waals surface area contributed by atoms with Crippen molar-refractivity contribution in [3.8, 4) is 0 Å². The fourth-order valence-electron chi connectivity index (χ4n) is 2.77. The van der Waals surface area contributed by atoms with E-state index in [4.69, 9.17) is 0 Å². The minimum absolute atomic E-state index is 0.119. The standard InChI is InChI=1S/C16H25NO/c1-16(2,12-17(3)14-10-7-11-14)15(18)13-8-5-4-6-9-13/h4-6,8-9,14-15,18H,7,10-12H2,1-3H3. The van der Waals surface area contributed by atoms with Gasteiger partial charge in [-0.1, -0.05) is 50.6 Å². The van der Waals surface area contributed by atoms with Crippen LogP contribution < -0.4 is 0 Å². The summed E-state index contributed by atoms with van der Waals surface area (Å²) in [5.74, 6) is 0. The minimum Gasteiger partial charge on any atom is -0.388 e. The van der Waals surface area contributed by atoms with Crippen molar-refractivity contribution in [1.82, 2.24) is 4.90 Å². The minimum atomic E-state index is -0.402. The van der Waals surface area contributed by atoms with Gasteiger partial charge in [-0.2, -0.15) is 0 Å². The monoisotopic (exact) mass is 247 g/mol. The van der Waals surface area contributed by atoms with Crippen molar-refractivity contribution in [3.63, 3.8) is 0 Å². The van der Waals surface area contributed by atoms with Crippen LogP contribution in [-0.4, -0.2) is 29.6 Å². The second-order valence-electron chi connectivity index (χ2n) is 6.30. The highest BCUT2D eigenvalue weighted by Crippen LogP contribution is 2.35. The first kappa shape index (κ1) is 13.6. The van der Waals surface area contributed by atoms with Crippen LogP contribution in [0.15, 0.2) is 30.3 Å². The van der Waals surface area contributed by atoms with Crippen molar-refractivity contribution >= 4 is 0 Å². The highest BCUT2D eigenvalue weighted by atomic mass is 16.3. The normalized spacial score (nSPS) is 18.7. The van der Waals surface area contributed by atoms with E-state index < -0.39 is 6.10 Å². The lowest BCUT2D eigenvalue weighted by Crippen LogP contribution is -2.44. The zero-order chi connectivity index (χ0) is 13.2. The molecule has 1 aliphatic carbocycles. The van der Waals surface area contributed by atoms with Gasteiger partial charge < -0.3 is 10.0 Å². The summed E-state index contributed by atoms with van der Waals surface area (Å²) in [6.45, 7) is 5.24. The number of rotatable bonds is 5. The number of aliphatic hydroxyl groups excluding tert-OH is 1. The van der Waals surface area contributed by atoms with Crippen molar-refractivity contribution in [2.45, 2.75) is 45.3 Å². The van der Waals surface area contributed by atoms with Gasteiger partial charge in [-0.05, 0) is 25.5 Å². The molecular formula is C16H25NO. The summed E-state index contributed by atoms with van der Waals surface area (Å²) in [6.07, 6.45) is 3.58. The van der Waals surface area contributed by atoms with Crippen LogP contribution in [0, 0.1) is 5.41 Å². The maximum absolute atomic E-state index is 10.5. The van der Waals surface area contributed by atoms with Gasteiger partial charge in [0.05, 0.1) is 6.10 Å². The van der Waals surface area contributed by atoms with E-state index in [1.165, 1.54) is 19.3 Å². The largest absolute Gasteiger partial charge is 0.388 e. The Hall–Kier alpha value is -0.860. The molecule has 1 unspecified atom stereocenters. The maximum Gasteiger partial charge on any atom is 0.0853 e. The smallest absolute Gasteiger partial charge is 0.0853 e. The Morgan fingerprint density at radius 3 is 2.39 bits per heavy atom. The SMILES string of the molecule is CN(CC(C)(C)C(O)c1ccccc1)C1CCC1. The average molecular weight is 247 g/mol. The lowest BCUT2D eigenvalue weighted by atomic mass is 9.81. The number of hydrogen-bond acceptors (Lipinski definition) is 2. The third-order valence-electron chi connectivity index (χ3n) is 4.21. The second-order valence-corrected chi connectivity index (χ2v) is 6.30. The molecule has 1 saturated carbocycles. The molecule has 0 aliphatic heterocycles. The third kappa shape index (κ3) is 2.93. The summed E-state index contributed by atoms with van der Waals surface area (Å²) in [7, 11) is 2.18. The van der Waals surface area contributed by atoms with Gasteiger partial charge in [-0.25, -0.2) is 0 Å². The first-order valence-electron chi connectivity index (χ1n) is 6.94. The molecule has 1 N–H and O–H groups in total. The summed E-state index contributed by atoms with van der Waals surface area (Å²) in [6, 6.07) is 10.7. The van der Waals surface area contributed by atoms with E-state index in [-0.39, 0.29) is 5.41 Å². The first-order valence-corrected chi connectivity index (χ1v) is 6.94. The molecule has 0 heterocycles. The molecule has 1 atom stereocenters. The summed E-state index contributed by atoms with van der Waals surface area (Å²) >= 11 is 0. The number of nitrogens with zero attached hydrogens (tertiary/aromatic N) is 1. The van der Waals surface area contributed by atoms with E-state index in [9.17, 15) is 5.11 Å². The van der Waals surface area contributed by atoms with Gasteiger partial charge in [-0.3, -0.25) is 0 Å². The molecule has 100 valence electrons. The van der Waals surface area contributed by atoms with E-state index in [1.54, 1.807) is 0 Å². The molecule has 1 fully saturated rings. The van der Waals surface area contributed by atoms with Crippen molar-refractivity contribution in [2.75, 3.05) is 13.6 Å². The lowest BCUT2D eigenvalue weighted by molar-refractivity contribution is 0.00705. The fraction of sp³-hybridized carbons (Fsp3) is 0.625. The van der Waals surface area contributed by atoms with Crippen molar-refractivity contribution < 1.29 is 5.11 Å². The van der Waals surface area contributed by atoms with Crippen LogP contribution in [0.5, 0.6) is 0 Å². The van der Waals surface area contributed by atoms with E-state index in [0.29, 0.717) is 0 Å². The van der Waals surface area contributed by atoms with Gasteiger partial charge in [0.25, 0.3) is 0 Å². The topological polar surface area (TPSA) is 23.5 Å². The fourth-order valence-corrected chi connectivity index (χ4v) is 2.77. The molecule has 2 heteroatoms. The summed E-state index contributed by atoms with van der Waals surface area (Å²) < 4.78 is 0.